The molecule has 0 N–H and O–H groups in total. The second-order valence-electron chi connectivity index (χ2n) is 3.33. The molecule has 0 radical (unpaired) electrons. The lowest BCUT2D eigenvalue weighted by Gasteiger charge is -1.99. The van der Waals surface area contributed by atoms with E-state index < -0.39 is 0 Å². The van der Waals surface area contributed by atoms with Gasteiger partial charge in [-0.15, -0.1) is 0 Å². The van der Waals surface area contributed by atoms with Crippen molar-refractivity contribution in [2.45, 2.75) is 32.8 Å². The van der Waals surface area contributed by atoms with Crippen molar-refractivity contribution in [3.8, 4) is 0 Å². The molecule has 2 nitrogen and oxygen atoms in total. The van der Waals surface area contributed by atoms with Gasteiger partial charge in [-0.3, -0.25) is 4.79 Å². The van der Waals surface area contributed by atoms with E-state index in [4.69, 9.17) is 4.74 Å². The molecule has 2 rings (SSSR count). The van der Waals surface area contributed by atoms with Crippen molar-refractivity contribution >= 4 is 5.97 Å². The van der Waals surface area contributed by atoms with E-state index in [1.54, 1.807) is 0 Å². The van der Waals surface area contributed by atoms with Gasteiger partial charge in [-0.25, -0.2) is 0 Å². The van der Waals surface area contributed by atoms with Crippen LogP contribution in [0.5, 0.6) is 0 Å². The van der Waals surface area contributed by atoms with Crippen molar-refractivity contribution in [1.29, 1.82) is 0 Å². The van der Waals surface area contributed by atoms with E-state index in [0.29, 0.717) is 6.61 Å². The topological polar surface area (TPSA) is 26.3 Å². The fourth-order valence-electron chi connectivity index (χ4n) is 0.759. The van der Waals surface area contributed by atoms with Crippen LogP contribution < -0.4 is 0 Å². The van der Waals surface area contributed by atoms with Crippen molar-refractivity contribution in [3.05, 3.63) is 35.9 Å². The molecule has 1 fully saturated rings. The molecule has 0 unspecified atom stereocenters. The maximum atomic E-state index is 10.4. The zero-order valence-electron chi connectivity index (χ0n) is 8.53. The zero-order valence-corrected chi connectivity index (χ0v) is 8.53. The third-order valence-electron chi connectivity index (χ3n) is 1.64. The first-order valence-electron chi connectivity index (χ1n) is 4.96. The van der Waals surface area contributed by atoms with E-state index >= 15 is 0 Å². The third kappa shape index (κ3) is 6.23. The molecule has 14 heavy (non-hydrogen) atoms. The molecular weight excluding hydrogens is 176 g/mol. The van der Waals surface area contributed by atoms with Gasteiger partial charge in [-0.2, -0.15) is 0 Å². The van der Waals surface area contributed by atoms with Crippen LogP contribution in [0.15, 0.2) is 30.3 Å². The van der Waals surface area contributed by atoms with Crippen molar-refractivity contribution < 1.29 is 9.53 Å². The van der Waals surface area contributed by atoms with Crippen molar-refractivity contribution in [1.82, 2.24) is 0 Å². The van der Waals surface area contributed by atoms with Gasteiger partial charge in [-0.05, 0) is 5.56 Å². The van der Waals surface area contributed by atoms with Crippen LogP contribution in [-0.4, -0.2) is 5.97 Å². The molecule has 0 bridgehead atoms. The molecule has 2 heteroatoms. The zero-order chi connectivity index (χ0) is 10.2. The summed E-state index contributed by atoms with van der Waals surface area (Å²) in [5.74, 6) is -0.242. The summed E-state index contributed by atoms with van der Waals surface area (Å²) in [7, 11) is 0. The minimum Gasteiger partial charge on any atom is -0.461 e. The Kier molecular flexibility index (Phi) is 4.76. The summed E-state index contributed by atoms with van der Waals surface area (Å²) in [6.07, 6.45) is 4.50. The molecule has 76 valence electrons. The summed E-state index contributed by atoms with van der Waals surface area (Å²) in [4.78, 5) is 10.4. The number of hydrogen-bond donors (Lipinski definition) is 0. The van der Waals surface area contributed by atoms with Gasteiger partial charge in [-0.1, -0.05) is 49.6 Å². The molecule has 0 heterocycles. The lowest BCUT2D eigenvalue weighted by molar-refractivity contribution is -0.142. The summed E-state index contributed by atoms with van der Waals surface area (Å²) in [5, 5.41) is 0. The Bertz CT molecular complexity index is 262. The Morgan fingerprint density at radius 3 is 2.21 bits per heavy atom. The average molecular weight is 192 g/mol. The number of carbonyl (C=O) groups is 1. The van der Waals surface area contributed by atoms with Gasteiger partial charge in [0.25, 0.3) is 0 Å². The highest BCUT2D eigenvalue weighted by Gasteiger charge is 1.95. The molecule has 0 atom stereocenters. The van der Waals surface area contributed by atoms with Crippen LogP contribution in [0, 0.1) is 0 Å². The molecule has 0 amide bonds. The number of esters is 1. The minimum atomic E-state index is -0.242. The van der Waals surface area contributed by atoms with Crippen molar-refractivity contribution in [3.63, 3.8) is 0 Å². The van der Waals surface area contributed by atoms with Gasteiger partial charge in [0.05, 0.1) is 0 Å². The molecule has 1 aliphatic carbocycles. The highest BCUT2D eigenvalue weighted by atomic mass is 16.5. The number of carbonyl (C=O) groups excluding carboxylic acids is 1. The maximum absolute atomic E-state index is 10.4. The Balaban J connectivity index is 0.000000276. The molecule has 0 aliphatic heterocycles. The Morgan fingerprint density at radius 2 is 1.79 bits per heavy atom. The van der Waals surface area contributed by atoms with Crippen LogP contribution in [-0.2, 0) is 16.1 Å². The maximum Gasteiger partial charge on any atom is 0.302 e. The van der Waals surface area contributed by atoms with Gasteiger partial charge >= 0.3 is 5.97 Å². The van der Waals surface area contributed by atoms with Gasteiger partial charge in [0.15, 0.2) is 0 Å². The van der Waals surface area contributed by atoms with E-state index in [0.717, 1.165) is 5.56 Å². The van der Waals surface area contributed by atoms with Crippen LogP contribution in [0.2, 0.25) is 0 Å². The van der Waals surface area contributed by atoms with E-state index in [1.165, 1.54) is 26.2 Å². The van der Waals surface area contributed by atoms with E-state index in [2.05, 4.69) is 0 Å². The van der Waals surface area contributed by atoms with E-state index in [1.807, 2.05) is 30.3 Å². The highest BCUT2D eigenvalue weighted by Crippen LogP contribution is 2.14. The molecular formula is C12H16O2. The summed E-state index contributed by atoms with van der Waals surface area (Å²) < 4.78 is 4.79. The van der Waals surface area contributed by atoms with Crippen LogP contribution in [0.1, 0.15) is 31.7 Å². The number of ether oxygens (including phenoxy) is 1. The average Bonchev–Trinajstić information content (AvgIpc) is 3.03. The Labute approximate surface area is 84.9 Å². The Hall–Kier alpha value is -1.31. The first kappa shape index (κ1) is 10.8. The number of rotatable bonds is 2. The SMILES string of the molecule is C1CC1.CC(=O)OCc1ccccc1. The number of benzene rings is 1. The highest BCUT2D eigenvalue weighted by molar-refractivity contribution is 5.65. The van der Waals surface area contributed by atoms with Crippen LogP contribution in [0.3, 0.4) is 0 Å². The fraction of sp³-hybridized carbons (Fsp3) is 0.417. The largest absolute Gasteiger partial charge is 0.461 e. The van der Waals surface area contributed by atoms with E-state index in [-0.39, 0.29) is 5.97 Å². The summed E-state index contributed by atoms with van der Waals surface area (Å²) >= 11 is 0. The normalized spacial score (nSPS) is 12.4. The van der Waals surface area contributed by atoms with Gasteiger partial charge in [0, 0.05) is 6.92 Å². The summed E-state index contributed by atoms with van der Waals surface area (Å²) in [5.41, 5.74) is 1.02. The fourth-order valence-corrected chi connectivity index (χ4v) is 0.759. The van der Waals surface area contributed by atoms with Gasteiger partial charge in [0.2, 0.25) is 0 Å². The third-order valence-corrected chi connectivity index (χ3v) is 1.64. The van der Waals surface area contributed by atoms with Crippen LogP contribution >= 0.6 is 0 Å². The van der Waals surface area contributed by atoms with Gasteiger partial charge in [0.1, 0.15) is 6.61 Å². The number of hydrogen-bond acceptors (Lipinski definition) is 2. The first-order valence-corrected chi connectivity index (χ1v) is 4.96. The first-order chi connectivity index (χ1) is 6.79. The summed E-state index contributed by atoms with van der Waals surface area (Å²) in [6, 6.07) is 9.60. The minimum absolute atomic E-state index is 0.242. The Morgan fingerprint density at radius 1 is 1.21 bits per heavy atom. The molecule has 0 aromatic heterocycles. The second kappa shape index (κ2) is 6.19. The monoisotopic (exact) mass is 192 g/mol. The lowest BCUT2D eigenvalue weighted by atomic mass is 10.2. The van der Waals surface area contributed by atoms with Crippen LogP contribution in [0.4, 0.5) is 0 Å². The van der Waals surface area contributed by atoms with Crippen molar-refractivity contribution in [2.75, 3.05) is 0 Å². The molecule has 1 aromatic rings. The summed E-state index contributed by atoms with van der Waals surface area (Å²) in [6.45, 7) is 1.78. The predicted molar refractivity (Wildman–Crippen MR) is 55.8 cm³/mol. The predicted octanol–water partition coefficient (Wildman–Crippen LogP) is 2.92. The van der Waals surface area contributed by atoms with Crippen LogP contribution in [0.25, 0.3) is 0 Å². The molecule has 1 aliphatic rings. The van der Waals surface area contributed by atoms with E-state index in [9.17, 15) is 4.79 Å². The van der Waals surface area contributed by atoms with Gasteiger partial charge < -0.3 is 4.74 Å². The molecule has 1 saturated carbocycles. The lowest BCUT2D eigenvalue weighted by Crippen LogP contribution is -1.97. The smallest absolute Gasteiger partial charge is 0.302 e. The molecule has 0 spiro atoms. The standard InChI is InChI=1S/C9H10O2.C3H6/c1-8(10)11-7-9-5-3-2-4-6-9;1-2-3-1/h2-6H,7H2,1H3;1-3H2. The quantitative estimate of drug-likeness (QED) is 0.673. The molecule has 1 aromatic carbocycles. The molecule has 0 saturated heterocycles. The van der Waals surface area contributed by atoms with Crippen molar-refractivity contribution in [2.24, 2.45) is 0 Å². The second-order valence-corrected chi connectivity index (χ2v) is 3.33.